The van der Waals surface area contributed by atoms with Crippen LogP contribution in [0.15, 0.2) is 47.8 Å². The van der Waals surface area contributed by atoms with Crippen LogP contribution in [0.3, 0.4) is 0 Å². The molecule has 0 amide bonds. The molecule has 0 aliphatic heterocycles. The average molecular weight is 302 g/mol. The van der Waals surface area contributed by atoms with Crippen LogP contribution in [0.4, 0.5) is 8.78 Å². The standard InChI is InChI=1S/C16H12F2N2S/c17-12-4-5-13(14(18)7-12)15-9-21-16(20-15)11-3-1-2-10(6-11)8-19/h1-7,9H,8,19H2. The fraction of sp³-hybridized carbons (Fsp3) is 0.0625. The summed E-state index contributed by atoms with van der Waals surface area (Å²) in [5, 5.41) is 2.55. The SMILES string of the molecule is NCc1cccc(-c2nc(-c3ccc(F)cc3F)cs2)c1. The lowest BCUT2D eigenvalue weighted by molar-refractivity contribution is 0.585. The lowest BCUT2D eigenvalue weighted by atomic mass is 10.1. The molecular formula is C16H12F2N2S. The van der Waals surface area contributed by atoms with Gasteiger partial charge in [-0.2, -0.15) is 0 Å². The molecule has 0 bridgehead atoms. The molecule has 106 valence electrons. The molecular weight excluding hydrogens is 290 g/mol. The molecule has 1 aromatic heterocycles. The molecule has 0 aliphatic rings. The maximum atomic E-state index is 13.8. The molecule has 0 unspecified atom stereocenters. The predicted molar refractivity (Wildman–Crippen MR) is 80.8 cm³/mol. The Hall–Kier alpha value is -2.11. The summed E-state index contributed by atoms with van der Waals surface area (Å²) < 4.78 is 26.7. The van der Waals surface area contributed by atoms with E-state index >= 15 is 0 Å². The summed E-state index contributed by atoms with van der Waals surface area (Å²) in [6.07, 6.45) is 0. The maximum absolute atomic E-state index is 13.8. The molecule has 0 spiro atoms. The molecule has 0 radical (unpaired) electrons. The van der Waals surface area contributed by atoms with Crippen molar-refractivity contribution in [3.8, 4) is 21.8 Å². The van der Waals surface area contributed by atoms with Crippen molar-refractivity contribution in [2.24, 2.45) is 5.73 Å². The van der Waals surface area contributed by atoms with Crippen molar-refractivity contribution in [3.63, 3.8) is 0 Å². The van der Waals surface area contributed by atoms with Crippen molar-refractivity contribution in [2.45, 2.75) is 6.54 Å². The summed E-state index contributed by atoms with van der Waals surface area (Å²) in [5.74, 6) is -1.20. The van der Waals surface area contributed by atoms with Gasteiger partial charge in [0.1, 0.15) is 16.6 Å². The molecule has 3 rings (SSSR count). The van der Waals surface area contributed by atoms with Gasteiger partial charge in [0.2, 0.25) is 0 Å². The van der Waals surface area contributed by atoms with E-state index < -0.39 is 11.6 Å². The highest BCUT2D eigenvalue weighted by atomic mass is 32.1. The summed E-state index contributed by atoms with van der Waals surface area (Å²) in [6, 6.07) is 11.2. The van der Waals surface area contributed by atoms with Crippen molar-refractivity contribution in [3.05, 3.63) is 65.0 Å². The first-order valence-electron chi connectivity index (χ1n) is 6.37. The number of hydrogen-bond donors (Lipinski definition) is 1. The highest BCUT2D eigenvalue weighted by molar-refractivity contribution is 7.13. The highest BCUT2D eigenvalue weighted by Crippen LogP contribution is 2.30. The van der Waals surface area contributed by atoms with Crippen LogP contribution in [0, 0.1) is 11.6 Å². The van der Waals surface area contributed by atoms with E-state index in [1.807, 2.05) is 24.3 Å². The van der Waals surface area contributed by atoms with Crippen LogP contribution in [0.25, 0.3) is 21.8 Å². The average Bonchev–Trinajstić information content (AvgIpc) is 2.97. The first-order chi connectivity index (χ1) is 10.2. The van der Waals surface area contributed by atoms with Gasteiger partial charge in [0.25, 0.3) is 0 Å². The van der Waals surface area contributed by atoms with Gasteiger partial charge < -0.3 is 5.73 Å². The Labute approximate surface area is 124 Å². The van der Waals surface area contributed by atoms with Crippen LogP contribution in [0.1, 0.15) is 5.56 Å². The van der Waals surface area contributed by atoms with Gasteiger partial charge in [0.05, 0.1) is 5.69 Å². The van der Waals surface area contributed by atoms with Gasteiger partial charge in [-0.25, -0.2) is 13.8 Å². The van der Waals surface area contributed by atoms with Crippen LogP contribution in [-0.2, 0) is 6.54 Å². The monoisotopic (exact) mass is 302 g/mol. The molecule has 2 aromatic carbocycles. The van der Waals surface area contributed by atoms with E-state index in [2.05, 4.69) is 4.98 Å². The van der Waals surface area contributed by atoms with E-state index in [4.69, 9.17) is 5.73 Å². The Morgan fingerprint density at radius 1 is 1.10 bits per heavy atom. The Morgan fingerprint density at radius 2 is 1.95 bits per heavy atom. The third-order valence-corrected chi connectivity index (χ3v) is 4.01. The van der Waals surface area contributed by atoms with Gasteiger partial charge in [0, 0.05) is 29.1 Å². The molecule has 2 nitrogen and oxygen atoms in total. The first kappa shape index (κ1) is 13.9. The van der Waals surface area contributed by atoms with Gasteiger partial charge in [-0.3, -0.25) is 0 Å². The first-order valence-corrected chi connectivity index (χ1v) is 7.25. The van der Waals surface area contributed by atoms with Gasteiger partial charge in [-0.15, -0.1) is 11.3 Å². The van der Waals surface area contributed by atoms with E-state index in [1.54, 1.807) is 5.38 Å². The molecule has 3 aromatic rings. The minimum Gasteiger partial charge on any atom is -0.326 e. The lowest BCUT2D eigenvalue weighted by Crippen LogP contribution is -1.95. The number of aromatic nitrogens is 1. The predicted octanol–water partition coefficient (Wildman–Crippen LogP) is 4.21. The minimum atomic E-state index is -0.609. The third kappa shape index (κ3) is 2.84. The number of nitrogens with two attached hydrogens (primary N) is 1. The highest BCUT2D eigenvalue weighted by Gasteiger charge is 2.11. The number of benzene rings is 2. The molecule has 0 saturated carbocycles. The molecule has 0 aliphatic carbocycles. The number of rotatable bonds is 3. The zero-order valence-corrected chi connectivity index (χ0v) is 11.8. The summed E-state index contributed by atoms with van der Waals surface area (Å²) >= 11 is 1.42. The number of thiazole rings is 1. The van der Waals surface area contributed by atoms with Crippen molar-refractivity contribution in [1.82, 2.24) is 4.98 Å². The lowest BCUT2D eigenvalue weighted by Gasteiger charge is -2.01. The van der Waals surface area contributed by atoms with Crippen molar-refractivity contribution < 1.29 is 8.78 Å². The number of hydrogen-bond acceptors (Lipinski definition) is 3. The molecule has 0 saturated heterocycles. The summed E-state index contributed by atoms with van der Waals surface area (Å²) in [6.45, 7) is 0.457. The normalized spacial score (nSPS) is 10.8. The van der Waals surface area contributed by atoms with Crippen molar-refractivity contribution >= 4 is 11.3 Å². The fourth-order valence-electron chi connectivity index (χ4n) is 2.06. The zero-order valence-electron chi connectivity index (χ0n) is 11.0. The Balaban J connectivity index is 1.99. The van der Waals surface area contributed by atoms with E-state index in [1.165, 1.54) is 23.5 Å². The van der Waals surface area contributed by atoms with E-state index in [-0.39, 0.29) is 0 Å². The topological polar surface area (TPSA) is 38.9 Å². The summed E-state index contributed by atoms with van der Waals surface area (Å²) in [7, 11) is 0. The molecule has 21 heavy (non-hydrogen) atoms. The Bertz CT molecular complexity index is 783. The smallest absolute Gasteiger partial charge is 0.135 e. The zero-order chi connectivity index (χ0) is 14.8. The minimum absolute atomic E-state index is 0.300. The van der Waals surface area contributed by atoms with Crippen LogP contribution in [0.2, 0.25) is 0 Å². The van der Waals surface area contributed by atoms with E-state index in [0.717, 1.165) is 22.2 Å². The van der Waals surface area contributed by atoms with Gasteiger partial charge in [-0.1, -0.05) is 18.2 Å². The van der Waals surface area contributed by atoms with Crippen LogP contribution in [0.5, 0.6) is 0 Å². The van der Waals surface area contributed by atoms with E-state index in [9.17, 15) is 8.78 Å². The Morgan fingerprint density at radius 3 is 2.71 bits per heavy atom. The van der Waals surface area contributed by atoms with Gasteiger partial charge in [-0.05, 0) is 23.8 Å². The summed E-state index contributed by atoms with van der Waals surface area (Å²) in [4.78, 5) is 4.43. The second-order valence-corrected chi connectivity index (χ2v) is 5.42. The molecule has 0 fully saturated rings. The van der Waals surface area contributed by atoms with Crippen molar-refractivity contribution in [2.75, 3.05) is 0 Å². The third-order valence-electron chi connectivity index (χ3n) is 3.12. The van der Waals surface area contributed by atoms with Crippen LogP contribution < -0.4 is 5.73 Å². The van der Waals surface area contributed by atoms with Crippen molar-refractivity contribution in [1.29, 1.82) is 0 Å². The maximum Gasteiger partial charge on any atom is 0.135 e. The Kier molecular flexibility index (Phi) is 3.77. The van der Waals surface area contributed by atoms with E-state index in [0.29, 0.717) is 17.8 Å². The molecule has 2 N–H and O–H groups in total. The molecule has 5 heteroatoms. The number of nitrogens with zero attached hydrogens (tertiary/aromatic N) is 1. The fourth-order valence-corrected chi connectivity index (χ4v) is 2.88. The largest absolute Gasteiger partial charge is 0.326 e. The van der Waals surface area contributed by atoms with Gasteiger partial charge >= 0.3 is 0 Å². The van der Waals surface area contributed by atoms with Gasteiger partial charge in [0.15, 0.2) is 0 Å². The quantitative estimate of drug-likeness (QED) is 0.787. The number of halogens is 2. The molecule has 1 heterocycles. The molecule has 0 atom stereocenters. The van der Waals surface area contributed by atoms with Crippen LogP contribution >= 0.6 is 11.3 Å². The second-order valence-electron chi connectivity index (χ2n) is 4.57. The second kappa shape index (κ2) is 5.71. The summed E-state index contributed by atoms with van der Waals surface area (Å²) in [5.41, 5.74) is 8.38. The van der Waals surface area contributed by atoms with Crippen LogP contribution in [-0.4, -0.2) is 4.98 Å².